The number of nitrogens with zero attached hydrogens (tertiary/aromatic N) is 4. The molecule has 0 spiro atoms. The highest BCUT2D eigenvalue weighted by Crippen LogP contribution is 2.31. The fourth-order valence-electron chi connectivity index (χ4n) is 5.07. The second-order valence-electron chi connectivity index (χ2n) is 9.65. The third-order valence-corrected chi connectivity index (χ3v) is 6.93. The van der Waals surface area contributed by atoms with Gasteiger partial charge in [-0.15, -0.1) is 0 Å². The Hall–Kier alpha value is -4.38. The maximum absolute atomic E-state index is 5.97. The molecule has 0 saturated carbocycles. The number of aromatic nitrogens is 2. The molecular weight excluding hydrogens is 456 g/mol. The normalized spacial score (nSPS) is 15.7. The quantitative estimate of drug-likeness (QED) is 0.265. The van der Waals surface area contributed by atoms with Crippen LogP contribution in [0.25, 0.3) is 22.3 Å². The van der Waals surface area contributed by atoms with Crippen LogP contribution in [-0.4, -0.2) is 35.6 Å². The molecule has 5 aromatic rings. The van der Waals surface area contributed by atoms with Crippen molar-refractivity contribution < 1.29 is 4.74 Å². The van der Waals surface area contributed by atoms with Crippen molar-refractivity contribution in [1.29, 1.82) is 0 Å². The summed E-state index contributed by atoms with van der Waals surface area (Å²) in [5.74, 6) is 3.34. The maximum atomic E-state index is 5.97. The predicted octanol–water partition coefficient (Wildman–Crippen LogP) is 7.11. The van der Waals surface area contributed by atoms with E-state index < -0.39 is 0 Å². The molecule has 0 N–H and O–H groups in total. The Balaban J connectivity index is 1.29. The van der Waals surface area contributed by atoms with Gasteiger partial charge in [-0.3, -0.25) is 0 Å². The van der Waals surface area contributed by atoms with E-state index in [9.17, 15) is 0 Å². The molecule has 5 heteroatoms. The van der Waals surface area contributed by atoms with Crippen LogP contribution >= 0.6 is 0 Å². The molecule has 0 unspecified atom stereocenters. The number of ether oxygens (including phenoxy) is 1. The number of piperazine rings is 1. The third-order valence-electron chi connectivity index (χ3n) is 6.93. The first kappa shape index (κ1) is 23.0. The van der Waals surface area contributed by atoms with Crippen molar-refractivity contribution in [2.24, 2.45) is 0 Å². The second kappa shape index (κ2) is 9.94. The summed E-state index contributed by atoms with van der Waals surface area (Å²) in [7, 11) is 0. The summed E-state index contributed by atoms with van der Waals surface area (Å²) in [5.41, 5.74) is 4.51. The third kappa shape index (κ3) is 4.85. The molecule has 0 amide bonds. The van der Waals surface area contributed by atoms with Crippen molar-refractivity contribution >= 4 is 22.4 Å². The van der Waals surface area contributed by atoms with Gasteiger partial charge in [0.2, 0.25) is 0 Å². The molecule has 1 atom stereocenters. The van der Waals surface area contributed by atoms with Gasteiger partial charge < -0.3 is 14.5 Å². The van der Waals surface area contributed by atoms with Gasteiger partial charge >= 0.3 is 0 Å². The number of hydrogen-bond acceptors (Lipinski definition) is 5. The number of fused-ring (bicyclic) bond motifs is 1. The van der Waals surface area contributed by atoms with Crippen molar-refractivity contribution in [3.63, 3.8) is 0 Å². The molecule has 1 aliphatic heterocycles. The van der Waals surface area contributed by atoms with Crippen LogP contribution in [0.1, 0.15) is 12.5 Å². The average Bonchev–Trinajstić information content (AvgIpc) is 2.93. The van der Waals surface area contributed by atoms with Crippen molar-refractivity contribution in [2.75, 3.05) is 29.4 Å². The fourth-order valence-corrected chi connectivity index (χ4v) is 5.07. The Morgan fingerprint density at radius 3 is 2.30 bits per heavy atom. The summed E-state index contributed by atoms with van der Waals surface area (Å²) in [6.07, 6.45) is 0. The molecule has 37 heavy (non-hydrogen) atoms. The van der Waals surface area contributed by atoms with Gasteiger partial charge in [0.25, 0.3) is 0 Å². The number of para-hydroxylation sites is 2. The SMILES string of the molecule is Cc1cccc(N2CCN(c3nc(-c4ccc(Oc5ccccc5)cc4)nc4ccccc34)C[C@@H]2C)c1. The number of benzene rings is 4. The van der Waals surface area contributed by atoms with Gasteiger partial charge in [0.1, 0.15) is 17.3 Å². The zero-order valence-corrected chi connectivity index (χ0v) is 21.2. The van der Waals surface area contributed by atoms with Gasteiger partial charge in [0.15, 0.2) is 5.82 Å². The van der Waals surface area contributed by atoms with Crippen molar-refractivity contribution in [3.05, 3.63) is 109 Å². The van der Waals surface area contributed by atoms with Gasteiger partial charge in [-0.2, -0.15) is 0 Å². The first-order chi connectivity index (χ1) is 18.1. The van der Waals surface area contributed by atoms with E-state index in [4.69, 9.17) is 14.7 Å². The molecule has 0 radical (unpaired) electrons. The van der Waals surface area contributed by atoms with Gasteiger partial charge in [0.05, 0.1) is 5.52 Å². The summed E-state index contributed by atoms with van der Waals surface area (Å²) < 4.78 is 5.97. The molecule has 6 rings (SSSR count). The Kier molecular flexibility index (Phi) is 6.19. The van der Waals surface area contributed by atoms with Crippen molar-refractivity contribution in [2.45, 2.75) is 19.9 Å². The monoisotopic (exact) mass is 486 g/mol. The molecule has 0 bridgehead atoms. The van der Waals surface area contributed by atoms with Gasteiger partial charge in [-0.1, -0.05) is 42.5 Å². The van der Waals surface area contributed by atoms with Crippen LogP contribution in [-0.2, 0) is 0 Å². The molecule has 4 aromatic carbocycles. The van der Waals surface area contributed by atoms with Gasteiger partial charge in [-0.05, 0) is 80.1 Å². The second-order valence-corrected chi connectivity index (χ2v) is 9.65. The van der Waals surface area contributed by atoms with Crippen molar-refractivity contribution in [1.82, 2.24) is 9.97 Å². The number of rotatable bonds is 5. The van der Waals surface area contributed by atoms with E-state index in [1.807, 2.05) is 60.7 Å². The zero-order chi connectivity index (χ0) is 25.2. The van der Waals surface area contributed by atoms with Crippen LogP contribution in [0.5, 0.6) is 11.5 Å². The Labute approximate surface area is 218 Å². The highest BCUT2D eigenvalue weighted by Gasteiger charge is 2.26. The first-order valence-corrected chi connectivity index (χ1v) is 12.8. The van der Waals surface area contributed by atoms with Crippen LogP contribution in [0.2, 0.25) is 0 Å². The first-order valence-electron chi connectivity index (χ1n) is 12.8. The summed E-state index contributed by atoms with van der Waals surface area (Å²) in [5, 5.41) is 1.09. The lowest BCUT2D eigenvalue weighted by Gasteiger charge is -2.42. The van der Waals surface area contributed by atoms with Gasteiger partial charge in [0, 0.05) is 42.3 Å². The lowest BCUT2D eigenvalue weighted by molar-refractivity contribution is 0.483. The summed E-state index contributed by atoms with van der Waals surface area (Å²) in [4.78, 5) is 14.9. The lowest BCUT2D eigenvalue weighted by Crippen LogP contribution is -2.52. The van der Waals surface area contributed by atoms with E-state index in [0.717, 1.165) is 59.2 Å². The van der Waals surface area contributed by atoms with E-state index in [0.29, 0.717) is 6.04 Å². The standard InChI is InChI=1S/C32H30N4O/c1-23-9-8-10-26(21-23)36-20-19-35(22-24(36)2)32-29-13-6-7-14-30(29)33-31(34-32)25-15-17-28(18-16-25)37-27-11-4-3-5-12-27/h3-18,21,24H,19-20,22H2,1-2H3/t24-/m0/s1. The molecule has 184 valence electrons. The minimum absolute atomic E-state index is 0.363. The van der Waals surface area contributed by atoms with E-state index in [2.05, 4.69) is 66.1 Å². The number of hydrogen-bond donors (Lipinski definition) is 0. The predicted molar refractivity (Wildman–Crippen MR) is 152 cm³/mol. The van der Waals surface area contributed by atoms with Crippen LogP contribution in [0, 0.1) is 6.92 Å². The van der Waals surface area contributed by atoms with Gasteiger partial charge in [-0.25, -0.2) is 9.97 Å². The van der Waals surface area contributed by atoms with E-state index in [-0.39, 0.29) is 0 Å². The molecular formula is C32H30N4O. The molecule has 1 aromatic heterocycles. The van der Waals surface area contributed by atoms with E-state index >= 15 is 0 Å². The number of aryl methyl sites for hydroxylation is 1. The smallest absolute Gasteiger partial charge is 0.162 e. The summed E-state index contributed by atoms with van der Waals surface area (Å²) >= 11 is 0. The van der Waals surface area contributed by atoms with Crippen molar-refractivity contribution in [3.8, 4) is 22.9 Å². The molecule has 1 aliphatic rings. The lowest BCUT2D eigenvalue weighted by atomic mass is 10.1. The van der Waals surface area contributed by atoms with E-state index in [1.165, 1.54) is 11.3 Å². The van der Waals surface area contributed by atoms with Crippen LogP contribution in [0.15, 0.2) is 103 Å². The Morgan fingerprint density at radius 2 is 1.51 bits per heavy atom. The summed E-state index contributed by atoms with van der Waals surface area (Å²) in [6, 6.07) is 35.3. The zero-order valence-electron chi connectivity index (χ0n) is 21.2. The highest BCUT2D eigenvalue weighted by molar-refractivity contribution is 5.91. The van der Waals surface area contributed by atoms with E-state index in [1.54, 1.807) is 0 Å². The largest absolute Gasteiger partial charge is 0.457 e. The number of anilines is 2. The molecule has 2 heterocycles. The van der Waals surface area contributed by atoms with Crippen LogP contribution < -0.4 is 14.5 Å². The van der Waals surface area contributed by atoms with Crippen LogP contribution in [0.4, 0.5) is 11.5 Å². The molecule has 0 aliphatic carbocycles. The highest BCUT2D eigenvalue weighted by atomic mass is 16.5. The van der Waals surface area contributed by atoms with Crippen LogP contribution in [0.3, 0.4) is 0 Å². The Bertz CT molecular complexity index is 1520. The molecule has 1 saturated heterocycles. The molecule has 1 fully saturated rings. The minimum atomic E-state index is 0.363. The Morgan fingerprint density at radius 1 is 0.757 bits per heavy atom. The molecule has 5 nitrogen and oxygen atoms in total. The summed E-state index contributed by atoms with van der Waals surface area (Å²) in [6.45, 7) is 7.20. The maximum Gasteiger partial charge on any atom is 0.162 e. The topological polar surface area (TPSA) is 41.5 Å². The fraction of sp³-hybridized carbons (Fsp3) is 0.188. The minimum Gasteiger partial charge on any atom is -0.457 e. The average molecular weight is 487 g/mol.